The topological polar surface area (TPSA) is 73.4 Å². The summed E-state index contributed by atoms with van der Waals surface area (Å²) in [6.07, 6.45) is 3.38. The van der Waals surface area contributed by atoms with Crippen molar-refractivity contribution in [3.8, 4) is 79.2 Å². The number of benzene rings is 6. The molecule has 0 N–H and O–H groups in total. The van der Waals surface area contributed by atoms with E-state index in [2.05, 4.69) is 143 Å². The first-order valence-electron chi connectivity index (χ1n) is 17.6. The van der Waals surface area contributed by atoms with E-state index >= 15 is 0 Å². The summed E-state index contributed by atoms with van der Waals surface area (Å²) in [5.41, 5.74) is 18.7. The average Bonchev–Trinajstić information content (AvgIpc) is 3.70. The molecule has 6 aromatic carbocycles. The molecule has 2 aromatic heterocycles. The standard InChI is InChI=1S/C49H28N4/c50-29-31-19-21-52-47(23-31)37-9-5-7-33(25-37)35-15-17-45-41(27-35)42-28-36(34-8-6-10-38(26-34)48-24-32(30-51)20-22-53-48)16-18-46(42)49(45)43-13-3-1-11-39(43)40-12-2-4-14-44(40)49/h1-28H. The molecule has 4 heteroatoms. The second-order valence-electron chi connectivity index (χ2n) is 13.6. The van der Waals surface area contributed by atoms with Gasteiger partial charge in [-0.2, -0.15) is 10.5 Å². The van der Waals surface area contributed by atoms with Gasteiger partial charge in [0, 0.05) is 23.5 Å². The molecule has 2 aliphatic carbocycles. The summed E-state index contributed by atoms with van der Waals surface area (Å²) in [5, 5.41) is 19.0. The Labute approximate surface area is 307 Å². The number of aromatic nitrogens is 2. The molecule has 0 amide bonds. The molecule has 8 aromatic rings. The summed E-state index contributed by atoms with van der Waals surface area (Å²) in [4.78, 5) is 9.15. The van der Waals surface area contributed by atoms with Crippen LogP contribution in [0.25, 0.3) is 67.0 Å². The smallest absolute Gasteiger partial charge is 0.0992 e. The molecule has 244 valence electrons. The monoisotopic (exact) mass is 672 g/mol. The highest BCUT2D eigenvalue weighted by Crippen LogP contribution is 2.63. The summed E-state index contributed by atoms with van der Waals surface area (Å²) in [6.45, 7) is 0. The van der Waals surface area contributed by atoms with E-state index in [0.29, 0.717) is 11.1 Å². The van der Waals surface area contributed by atoms with E-state index in [9.17, 15) is 10.5 Å². The Kier molecular flexibility index (Phi) is 6.80. The fourth-order valence-electron chi connectivity index (χ4n) is 8.54. The minimum Gasteiger partial charge on any atom is -0.256 e. The number of nitriles is 2. The zero-order valence-corrected chi connectivity index (χ0v) is 28.5. The number of pyridine rings is 2. The lowest BCUT2D eigenvalue weighted by Crippen LogP contribution is -2.25. The van der Waals surface area contributed by atoms with E-state index in [0.717, 1.165) is 44.8 Å². The Morgan fingerprint density at radius 2 is 0.774 bits per heavy atom. The number of nitrogens with zero attached hydrogens (tertiary/aromatic N) is 4. The largest absolute Gasteiger partial charge is 0.256 e. The third-order valence-corrected chi connectivity index (χ3v) is 10.9. The summed E-state index contributed by atoms with van der Waals surface area (Å²) in [7, 11) is 0. The van der Waals surface area contributed by atoms with Crippen LogP contribution in [-0.2, 0) is 5.41 Å². The normalized spacial score (nSPS) is 12.6. The Hall–Kier alpha value is -7.40. The van der Waals surface area contributed by atoms with Crippen LogP contribution in [-0.4, -0.2) is 9.97 Å². The van der Waals surface area contributed by atoms with Crippen LogP contribution < -0.4 is 0 Å². The molecule has 53 heavy (non-hydrogen) atoms. The first-order chi connectivity index (χ1) is 26.1. The summed E-state index contributed by atoms with van der Waals surface area (Å²) >= 11 is 0. The minimum atomic E-state index is -0.456. The van der Waals surface area contributed by atoms with Gasteiger partial charge in [0.05, 0.1) is 40.1 Å². The van der Waals surface area contributed by atoms with E-state index in [4.69, 9.17) is 0 Å². The van der Waals surface area contributed by atoms with E-state index in [1.165, 1.54) is 44.5 Å². The third kappa shape index (κ3) is 4.60. The van der Waals surface area contributed by atoms with Crippen molar-refractivity contribution < 1.29 is 0 Å². The van der Waals surface area contributed by atoms with Crippen molar-refractivity contribution in [1.82, 2.24) is 9.97 Å². The molecular formula is C49H28N4. The van der Waals surface area contributed by atoms with E-state index in [1.54, 1.807) is 24.5 Å². The molecule has 2 aliphatic rings. The molecule has 0 bridgehead atoms. The van der Waals surface area contributed by atoms with Crippen LogP contribution in [0.2, 0.25) is 0 Å². The van der Waals surface area contributed by atoms with E-state index < -0.39 is 5.41 Å². The molecule has 0 saturated carbocycles. The molecular weight excluding hydrogens is 645 g/mol. The van der Waals surface area contributed by atoms with Gasteiger partial charge in [0.15, 0.2) is 0 Å². The molecule has 0 atom stereocenters. The average molecular weight is 673 g/mol. The quantitative estimate of drug-likeness (QED) is 0.186. The highest BCUT2D eigenvalue weighted by Gasteiger charge is 2.51. The fraction of sp³-hybridized carbons (Fsp3) is 0.0204. The second-order valence-corrected chi connectivity index (χ2v) is 13.6. The highest BCUT2D eigenvalue weighted by atomic mass is 14.7. The lowest BCUT2D eigenvalue weighted by molar-refractivity contribution is 0.794. The molecule has 0 fully saturated rings. The molecule has 0 aliphatic heterocycles. The van der Waals surface area contributed by atoms with Crippen molar-refractivity contribution in [2.75, 3.05) is 0 Å². The van der Waals surface area contributed by atoms with Crippen LogP contribution >= 0.6 is 0 Å². The van der Waals surface area contributed by atoms with Gasteiger partial charge < -0.3 is 0 Å². The van der Waals surface area contributed by atoms with Gasteiger partial charge in [-0.15, -0.1) is 0 Å². The second kappa shape index (κ2) is 11.8. The SMILES string of the molecule is N#Cc1ccnc(-c2cccc(-c3ccc4c(c3)-c3cc(-c5cccc(-c6cc(C#N)ccn6)c5)ccc3C43c4ccccc4-c4ccccc43)c2)c1. The van der Waals surface area contributed by atoms with Gasteiger partial charge in [0.25, 0.3) is 0 Å². The van der Waals surface area contributed by atoms with Crippen LogP contribution in [0.15, 0.2) is 170 Å². The molecule has 10 rings (SSSR count). The van der Waals surface area contributed by atoms with E-state index in [1.807, 2.05) is 24.3 Å². The van der Waals surface area contributed by atoms with Crippen LogP contribution in [0.1, 0.15) is 33.4 Å². The fourth-order valence-corrected chi connectivity index (χ4v) is 8.54. The summed E-state index contributed by atoms with van der Waals surface area (Å²) in [6, 6.07) is 60.0. The maximum Gasteiger partial charge on any atom is 0.0992 e. The van der Waals surface area contributed by atoms with Gasteiger partial charge in [0.2, 0.25) is 0 Å². The molecule has 0 unspecified atom stereocenters. The Bertz CT molecular complexity index is 2690. The Balaban J connectivity index is 1.18. The van der Waals surface area contributed by atoms with Crippen molar-refractivity contribution >= 4 is 0 Å². The lowest BCUT2D eigenvalue weighted by atomic mass is 9.70. The molecule has 2 heterocycles. The summed E-state index contributed by atoms with van der Waals surface area (Å²) < 4.78 is 0. The molecule has 4 nitrogen and oxygen atoms in total. The first kappa shape index (κ1) is 30.4. The summed E-state index contributed by atoms with van der Waals surface area (Å²) in [5.74, 6) is 0. The van der Waals surface area contributed by atoms with Gasteiger partial charge in [-0.1, -0.05) is 109 Å². The maximum absolute atomic E-state index is 9.51. The number of fused-ring (bicyclic) bond motifs is 10. The van der Waals surface area contributed by atoms with Crippen molar-refractivity contribution in [2.24, 2.45) is 0 Å². The van der Waals surface area contributed by atoms with Crippen molar-refractivity contribution in [3.05, 3.63) is 203 Å². The molecule has 0 radical (unpaired) electrons. The highest BCUT2D eigenvalue weighted by molar-refractivity contribution is 5.97. The van der Waals surface area contributed by atoms with Crippen LogP contribution in [0.4, 0.5) is 0 Å². The first-order valence-corrected chi connectivity index (χ1v) is 17.6. The minimum absolute atomic E-state index is 0.456. The van der Waals surface area contributed by atoms with Crippen molar-refractivity contribution in [2.45, 2.75) is 5.41 Å². The maximum atomic E-state index is 9.51. The zero-order chi connectivity index (χ0) is 35.5. The van der Waals surface area contributed by atoms with Crippen molar-refractivity contribution in [1.29, 1.82) is 10.5 Å². The van der Waals surface area contributed by atoms with Gasteiger partial charge in [0.1, 0.15) is 0 Å². The van der Waals surface area contributed by atoms with Crippen molar-refractivity contribution in [3.63, 3.8) is 0 Å². The van der Waals surface area contributed by atoms with Gasteiger partial charge >= 0.3 is 0 Å². The number of hydrogen-bond acceptors (Lipinski definition) is 4. The predicted octanol–water partition coefficient (Wildman–Crippen LogP) is 11.2. The van der Waals surface area contributed by atoms with Gasteiger partial charge in [-0.05, 0) is 115 Å². The van der Waals surface area contributed by atoms with Crippen LogP contribution in [0.3, 0.4) is 0 Å². The van der Waals surface area contributed by atoms with Gasteiger partial charge in [-0.25, -0.2) is 0 Å². The van der Waals surface area contributed by atoms with E-state index in [-0.39, 0.29) is 0 Å². The third-order valence-electron chi connectivity index (χ3n) is 10.9. The lowest BCUT2D eigenvalue weighted by Gasteiger charge is -2.30. The Morgan fingerprint density at radius 1 is 0.358 bits per heavy atom. The molecule has 1 spiro atoms. The number of rotatable bonds is 4. The number of hydrogen-bond donors (Lipinski definition) is 0. The zero-order valence-electron chi connectivity index (χ0n) is 28.5. The predicted molar refractivity (Wildman–Crippen MR) is 210 cm³/mol. The van der Waals surface area contributed by atoms with Crippen LogP contribution in [0, 0.1) is 22.7 Å². The van der Waals surface area contributed by atoms with Crippen LogP contribution in [0.5, 0.6) is 0 Å². The van der Waals surface area contributed by atoms with Gasteiger partial charge in [-0.3, -0.25) is 9.97 Å². The molecule has 0 saturated heterocycles. The Morgan fingerprint density at radius 3 is 1.25 bits per heavy atom.